The van der Waals surface area contributed by atoms with E-state index in [4.69, 9.17) is 20.3 Å². The van der Waals surface area contributed by atoms with Gasteiger partial charge in [0.25, 0.3) is 0 Å². The zero-order valence-corrected chi connectivity index (χ0v) is 9.64. The second-order valence-electron chi connectivity index (χ2n) is 3.48. The summed E-state index contributed by atoms with van der Waals surface area (Å²) in [5, 5.41) is 18.3. The van der Waals surface area contributed by atoms with Crippen molar-refractivity contribution >= 4 is 5.97 Å². The van der Waals surface area contributed by atoms with Gasteiger partial charge in [0.2, 0.25) is 0 Å². The average Bonchev–Trinajstić information content (AvgIpc) is 2.30. The van der Waals surface area contributed by atoms with Crippen molar-refractivity contribution < 1.29 is 24.5 Å². The molecule has 1 aromatic rings. The van der Waals surface area contributed by atoms with E-state index < -0.39 is 12.0 Å². The number of carboxylic acids is 1. The molecule has 0 amide bonds. The Hall–Kier alpha value is -1.95. The van der Waals surface area contributed by atoms with Crippen molar-refractivity contribution in [2.24, 2.45) is 5.73 Å². The molecule has 6 heteroatoms. The van der Waals surface area contributed by atoms with E-state index in [1.54, 1.807) is 0 Å². The van der Waals surface area contributed by atoms with E-state index in [0.717, 1.165) is 0 Å². The first-order valence-electron chi connectivity index (χ1n) is 4.91. The molecule has 0 radical (unpaired) electrons. The topological polar surface area (TPSA) is 102 Å². The SMILES string of the molecule is COc1cc(CC(N)C(=O)O)c(OC)cc1O. The Morgan fingerprint density at radius 1 is 1.35 bits per heavy atom. The molecule has 1 unspecified atom stereocenters. The third kappa shape index (κ3) is 3.01. The fourth-order valence-electron chi connectivity index (χ4n) is 1.43. The molecule has 4 N–H and O–H groups in total. The Morgan fingerprint density at radius 3 is 2.41 bits per heavy atom. The van der Waals surface area contributed by atoms with Gasteiger partial charge in [-0.05, 0) is 6.07 Å². The highest BCUT2D eigenvalue weighted by Gasteiger charge is 2.17. The normalized spacial score (nSPS) is 11.9. The molecule has 1 atom stereocenters. The number of aromatic hydroxyl groups is 1. The number of hydrogen-bond donors (Lipinski definition) is 3. The van der Waals surface area contributed by atoms with Crippen LogP contribution in [0.15, 0.2) is 12.1 Å². The molecule has 1 aromatic carbocycles. The Labute approximate surface area is 98.6 Å². The molecule has 0 saturated carbocycles. The Bertz CT molecular complexity index is 419. The molecule has 17 heavy (non-hydrogen) atoms. The molecule has 0 aliphatic heterocycles. The minimum absolute atomic E-state index is 0.0722. The number of nitrogens with two attached hydrogens (primary N) is 1. The fourth-order valence-corrected chi connectivity index (χ4v) is 1.43. The van der Waals surface area contributed by atoms with Crippen molar-refractivity contribution in [1.82, 2.24) is 0 Å². The van der Waals surface area contributed by atoms with Gasteiger partial charge in [-0.25, -0.2) is 0 Å². The summed E-state index contributed by atoms with van der Waals surface area (Å²) >= 11 is 0. The molecular weight excluding hydrogens is 226 g/mol. The first kappa shape index (κ1) is 13.1. The molecule has 1 rings (SSSR count). The quantitative estimate of drug-likeness (QED) is 0.688. The Morgan fingerprint density at radius 2 is 1.94 bits per heavy atom. The third-order valence-corrected chi connectivity index (χ3v) is 2.34. The third-order valence-electron chi connectivity index (χ3n) is 2.34. The van der Waals surface area contributed by atoms with E-state index in [1.165, 1.54) is 26.4 Å². The van der Waals surface area contributed by atoms with Crippen LogP contribution in [0.5, 0.6) is 17.2 Å². The van der Waals surface area contributed by atoms with Crippen LogP contribution in [0.4, 0.5) is 0 Å². The number of rotatable bonds is 5. The second kappa shape index (κ2) is 5.40. The van der Waals surface area contributed by atoms with Gasteiger partial charge in [-0.1, -0.05) is 0 Å². The lowest BCUT2D eigenvalue weighted by Crippen LogP contribution is -2.32. The van der Waals surface area contributed by atoms with Gasteiger partial charge in [0, 0.05) is 18.1 Å². The summed E-state index contributed by atoms with van der Waals surface area (Å²) < 4.78 is 9.98. The lowest BCUT2D eigenvalue weighted by Gasteiger charge is -2.13. The van der Waals surface area contributed by atoms with Gasteiger partial charge in [-0.2, -0.15) is 0 Å². The highest BCUT2D eigenvalue weighted by atomic mass is 16.5. The van der Waals surface area contributed by atoms with Crippen molar-refractivity contribution in [2.45, 2.75) is 12.5 Å². The van der Waals surface area contributed by atoms with Crippen LogP contribution >= 0.6 is 0 Å². The zero-order valence-electron chi connectivity index (χ0n) is 9.64. The molecule has 0 heterocycles. The number of hydrogen-bond acceptors (Lipinski definition) is 5. The minimum atomic E-state index is -1.10. The minimum Gasteiger partial charge on any atom is -0.504 e. The summed E-state index contributed by atoms with van der Waals surface area (Å²) in [7, 11) is 2.83. The molecule has 94 valence electrons. The predicted octanol–water partition coefficient (Wildman–Crippen LogP) is 0.364. The molecule has 0 aliphatic rings. The Kier molecular flexibility index (Phi) is 4.17. The lowest BCUT2D eigenvalue weighted by molar-refractivity contribution is -0.138. The zero-order chi connectivity index (χ0) is 13.0. The molecule has 6 nitrogen and oxygen atoms in total. The fraction of sp³-hybridized carbons (Fsp3) is 0.364. The van der Waals surface area contributed by atoms with Crippen LogP contribution in [-0.2, 0) is 11.2 Å². The van der Waals surface area contributed by atoms with Crippen LogP contribution < -0.4 is 15.2 Å². The summed E-state index contributed by atoms with van der Waals surface area (Å²) in [4.78, 5) is 10.7. The van der Waals surface area contributed by atoms with Gasteiger partial charge in [0.1, 0.15) is 11.8 Å². The number of carboxylic acid groups (broad SMARTS) is 1. The molecule has 0 aromatic heterocycles. The number of benzene rings is 1. The van der Waals surface area contributed by atoms with Gasteiger partial charge in [-0.3, -0.25) is 4.79 Å². The largest absolute Gasteiger partial charge is 0.504 e. The number of methoxy groups -OCH3 is 2. The number of aliphatic carboxylic acids is 1. The van der Waals surface area contributed by atoms with Crippen LogP contribution in [0.3, 0.4) is 0 Å². The van der Waals surface area contributed by atoms with Gasteiger partial charge >= 0.3 is 5.97 Å². The van der Waals surface area contributed by atoms with Crippen LogP contribution in [0, 0.1) is 0 Å². The number of phenols is 1. The molecule has 0 bridgehead atoms. The molecule has 0 saturated heterocycles. The first-order chi connectivity index (χ1) is 7.99. The van der Waals surface area contributed by atoms with E-state index in [0.29, 0.717) is 11.3 Å². The highest BCUT2D eigenvalue weighted by Crippen LogP contribution is 2.34. The van der Waals surface area contributed by atoms with E-state index in [1.807, 2.05) is 0 Å². The van der Waals surface area contributed by atoms with Crippen molar-refractivity contribution in [3.8, 4) is 17.2 Å². The van der Waals surface area contributed by atoms with Crippen molar-refractivity contribution in [3.63, 3.8) is 0 Å². The summed E-state index contributed by atoms with van der Waals surface area (Å²) in [6.45, 7) is 0. The maximum Gasteiger partial charge on any atom is 0.320 e. The van der Waals surface area contributed by atoms with Crippen molar-refractivity contribution in [1.29, 1.82) is 0 Å². The Balaban J connectivity index is 3.08. The van der Waals surface area contributed by atoms with Gasteiger partial charge in [0.05, 0.1) is 14.2 Å². The monoisotopic (exact) mass is 241 g/mol. The predicted molar refractivity (Wildman–Crippen MR) is 60.5 cm³/mol. The standard InChI is InChI=1S/C11H15NO5/c1-16-9-5-8(13)10(17-2)4-6(9)3-7(12)11(14)15/h4-5,7,13H,3,12H2,1-2H3,(H,14,15). The summed E-state index contributed by atoms with van der Waals surface area (Å²) in [5.74, 6) is -0.547. The summed E-state index contributed by atoms with van der Waals surface area (Å²) in [6, 6.07) is 1.85. The lowest BCUT2D eigenvalue weighted by atomic mass is 10.0. The van der Waals surface area contributed by atoms with E-state index >= 15 is 0 Å². The van der Waals surface area contributed by atoms with E-state index in [-0.39, 0.29) is 17.9 Å². The van der Waals surface area contributed by atoms with E-state index in [9.17, 15) is 9.90 Å². The van der Waals surface area contributed by atoms with Crippen LogP contribution in [0.2, 0.25) is 0 Å². The maximum atomic E-state index is 10.7. The molecule has 0 aliphatic carbocycles. The summed E-state index contributed by atoms with van der Waals surface area (Å²) in [6.07, 6.45) is 0.0924. The summed E-state index contributed by atoms with van der Waals surface area (Å²) in [5.41, 5.74) is 6.01. The number of carbonyl (C=O) groups is 1. The highest BCUT2D eigenvalue weighted by molar-refractivity contribution is 5.73. The first-order valence-corrected chi connectivity index (χ1v) is 4.91. The van der Waals surface area contributed by atoms with Gasteiger partial charge in [-0.15, -0.1) is 0 Å². The van der Waals surface area contributed by atoms with Crippen LogP contribution in [-0.4, -0.2) is 36.4 Å². The van der Waals surface area contributed by atoms with Crippen molar-refractivity contribution in [2.75, 3.05) is 14.2 Å². The maximum absolute atomic E-state index is 10.7. The number of phenolic OH excluding ortho intramolecular Hbond substituents is 1. The second-order valence-corrected chi connectivity index (χ2v) is 3.48. The molecular formula is C11H15NO5. The van der Waals surface area contributed by atoms with E-state index in [2.05, 4.69) is 0 Å². The van der Waals surface area contributed by atoms with Crippen LogP contribution in [0.1, 0.15) is 5.56 Å². The molecule has 0 fully saturated rings. The van der Waals surface area contributed by atoms with Gasteiger partial charge < -0.3 is 25.4 Å². The molecule has 0 spiro atoms. The van der Waals surface area contributed by atoms with Crippen molar-refractivity contribution in [3.05, 3.63) is 17.7 Å². The average molecular weight is 241 g/mol. The number of ether oxygens (including phenoxy) is 2. The van der Waals surface area contributed by atoms with Crippen LogP contribution in [0.25, 0.3) is 0 Å². The van der Waals surface area contributed by atoms with Gasteiger partial charge in [0.15, 0.2) is 11.5 Å². The smallest absolute Gasteiger partial charge is 0.320 e.